The van der Waals surface area contributed by atoms with Crippen molar-refractivity contribution in [2.75, 3.05) is 0 Å². The minimum absolute atomic E-state index is 0.254. The van der Waals surface area contributed by atoms with E-state index in [1.54, 1.807) is 0 Å². The second kappa shape index (κ2) is 7.48. The predicted molar refractivity (Wildman–Crippen MR) is 93.0 cm³/mol. The molecule has 0 saturated carbocycles. The Morgan fingerprint density at radius 2 is 2.00 bits per heavy atom. The first-order valence-corrected chi connectivity index (χ1v) is 8.78. The second-order valence-corrected chi connectivity index (χ2v) is 7.43. The lowest BCUT2D eigenvalue weighted by molar-refractivity contribution is -0.166. The molecule has 0 aromatic rings. The zero-order chi connectivity index (χ0) is 17.0. The average molecular weight is 318 g/mol. The number of aliphatic hydroxyl groups is 1. The number of aliphatic hydroxyl groups excluding tert-OH is 1. The number of rotatable bonds is 1. The number of hydrogen-bond acceptors (Lipinski definition) is 3. The van der Waals surface area contributed by atoms with Gasteiger partial charge in [-0.2, -0.15) is 0 Å². The Morgan fingerprint density at radius 3 is 2.70 bits per heavy atom. The van der Waals surface area contributed by atoms with Crippen molar-refractivity contribution < 1.29 is 14.6 Å². The first-order valence-electron chi connectivity index (χ1n) is 8.78. The third-order valence-electron chi connectivity index (χ3n) is 5.14. The first-order chi connectivity index (χ1) is 10.8. The van der Waals surface area contributed by atoms with Crippen LogP contribution in [0.2, 0.25) is 0 Å². The topological polar surface area (TPSA) is 46.5 Å². The quantitative estimate of drug-likeness (QED) is 0.725. The van der Waals surface area contributed by atoms with E-state index in [9.17, 15) is 9.90 Å². The maximum atomic E-state index is 12.5. The van der Waals surface area contributed by atoms with Gasteiger partial charge in [0.15, 0.2) is 0 Å². The molecule has 0 saturated heterocycles. The molecule has 3 heteroatoms. The zero-order valence-electron chi connectivity index (χ0n) is 14.9. The van der Waals surface area contributed by atoms with Crippen LogP contribution in [0.25, 0.3) is 0 Å². The molecule has 0 aromatic carbocycles. The summed E-state index contributed by atoms with van der Waals surface area (Å²) < 4.78 is 5.72. The molecular weight excluding hydrogens is 288 g/mol. The summed E-state index contributed by atoms with van der Waals surface area (Å²) in [5, 5.41) is 10.6. The highest BCUT2D eigenvalue weighted by Crippen LogP contribution is 2.32. The molecule has 23 heavy (non-hydrogen) atoms. The molecule has 128 valence electrons. The smallest absolute Gasteiger partial charge is 0.334 e. The summed E-state index contributed by atoms with van der Waals surface area (Å²) in [6, 6.07) is 0. The number of carbonyl (C=O) groups excluding carboxylic acids is 1. The molecule has 0 amide bonds. The highest BCUT2D eigenvalue weighted by atomic mass is 16.6. The Balaban J connectivity index is 2.32. The molecular formula is C20H30O3. The van der Waals surface area contributed by atoms with Gasteiger partial charge in [0, 0.05) is 5.57 Å². The summed E-state index contributed by atoms with van der Waals surface area (Å²) in [5.74, 6) is 0.207. The van der Waals surface area contributed by atoms with Gasteiger partial charge in [0.05, 0.1) is 6.10 Å². The average Bonchev–Trinajstić information content (AvgIpc) is 2.62. The highest BCUT2D eigenvalue weighted by Gasteiger charge is 2.38. The van der Waals surface area contributed by atoms with Gasteiger partial charge >= 0.3 is 5.97 Å². The molecule has 2 aliphatic heterocycles. The van der Waals surface area contributed by atoms with E-state index in [0.29, 0.717) is 25.2 Å². The van der Waals surface area contributed by atoms with Crippen LogP contribution in [0.1, 0.15) is 66.2 Å². The molecule has 2 atom stereocenters. The van der Waals surface area contributed by atoms with E-state index in [4.69, 9.17) is 4.74 Å². The Labute approximate surface area is 140 Å². The number of ether oxygens (including phenoxy) is 1. The number of hydrogen-bond donors (Lipinski definition) is 1. The molecule has 2 aliphatic rings. The summed E-state index contributed by atoms with van der Waals surface area (Å²) in [6.45, 7) is 8.34. The zero-order valence-corrected chi connectivity index (χ0v) is 14.9. The van der Waals surface area contributed by atoms with Gasteiger partial charge in [0.2, 0.25) is 0 Å². The van der Waals surface area contributed by atoms with Crippen molar-refractivity contribution in [3.63, 3.8) is 0 Å². The van der Waals surface area contributed by atoms with E-state index in [0.717, 1.165) is 24.8 Å². The molecule has 3 nitrogen and oxygen atoms in total. The maximum Gasteiger partial charge on any atom is 0.334 e. The van der Waals surface area contributed by atoms with Crippen molar-refractivity contribution >= 4 is 5.97 Å². The maximum absolute atomic E-state index is 12.5. The van der Waals surface area contributed by atoms with Gasteiger partial charge in [-0.3, -0.25) is 0 Å². The van der Waals surface area contributed by atoms with Gasteiger partial charge in [-0.05, 0) is 58.3 Å². The number of carbonyl (C=O) groups is 1. The van der Waals surface area contributed by atoms with E-state index in [1.165, 1.54) is 11.1 Å². The van der Waals surface area contributed by atoms with Crippen LogP contribution < -0.4 is 0 Å². The lowest BCUT2D eigenvalue weighted by Crippen LogP contribution is -2.43. The van der Waals surface area contributed by atoms with Crippen LogP contribution >= 0.6 is 0 Å². The van der Waals surface area contributed by atoms with Crippen LogP contribution in [0.4, 0.5) is 0 Å². The van der Waals surface area contributed by atoms with Gasteiger partial charge in [0.1, 0.15) is 5.60 Å². The molecule has 0 aromatic heterocycles. The van der Waals surface area contributed by atoms with Crippen LogP contribution in [0.3, 0.4) is 0 Å². The summed E-state index contributed by atoms with van der Waals surface area (Å²) in [5.41, 5.74) is 2.58. The third-order valence-corrected chi connectivity index (χ3v) is 5.14. The summed E-state index contributed by atoms with van der Waals surface area (Å²) in [4.78, 5) is 12.5. The van der Waals surface area contributed by atoms with Gasteiger partial charge in [-0.15, -0.1) is 0 Å². The van der Waals surface area contributed by atoms with Gasteiger partial charge in [0.25, 0.3) is 0 Å². The van der Waals surface area contributed by atoms with Crippen molar-refractivity contribution in [2.45, 2.75) is 77.9 Å². The highest BCUT2D eigenvalue weighted by molar-refractivity contribution is 5.89. The van der Waals surface area contributed by atoms with Gasteiger partial charge < -0.3 is 9.84 Å². The molecule has 2 bridgehead atoms. The largest absolute Gasteiger partial charge is 0.453 e. The fraction of sp³-hybridized carbons (Fsp3) is 0.650. The monoisotopic (exact) mass is 318 g/mol. The van der Waals surface area contributed by atoms with Crippen molar-refractivity contribution in [1.29, 1.82) is 0 Å². The van der Waals surface area contributed by atoms with Crippen LogP contribution in [0.5, 0.6) is 0 Å². The van der Waals surface area contributed by atoms with Crippen molar-refractivity contribution in [3.05, 3.63) is 34.9 Å². The first kappa shape index (κ1) is 18.0. The molecule has 0 radical (unpaired) electrons. The Hall–Kier alpha value is -1.35. The summed E-state index contributed by atoms with van der Waals surface area (Å²) >= 11 is 0. The molecule has 1 N–H and O–H groups in total. The summed E-state index contributed by atoms with van der Waals surface area (Å²) in [6.07, 6.45) is 10.2. The molecule has 1 unspecified atom stereocenters. The van der Waals surface area contributed by atoms with E-state index in [2.05, 4.69) is 32.9 Å². The van der Waals surface area contributed by atoms with Crippen molar-refractivity contribution in [3.8, 4) is 0 Å². The molecule has 2 rings (SSSR count). The van der Waals surface area contributed by atoms with Crippen LogP contribution in [0.15, 0.2) is 34.9 Å². The van der Waals surface area contributed by atoms with E-state index in [-0.39, 0.29) is 5.97 Å². The van der Waals surface area contributed by atoms with Crippen LogP contribution in [0, 0.1) is 5.92 Å². The lowest BCUT2D eigenvalue weighted by Gasteiger charge is -2.33. The molecule has 2 heterocycles. The number of esters is 1. The Kier molecular flexibility index (Phi) is 5.85. The van der Waals surface area contributed by atoms with Crippen molar-refractivity contribution in [2.24, 2.45) is 5.92 Å². The van der Waals surface area contributed by atoms with E-state index < -0.39 is 11.7 Å². The van der Waals surface area contributed by atoms with Gasteiger partial charge in [-0.1, -0.05) is 43.2 Å². The molecule has 0 fully saturated rings. The Morgan fingerprint density at radius 1 is 1.26 bits per heavy atom. The van der Waals surface area contributed by atoms with Crippen LogP contribution in [-0.4, -0.2) is 22.8 Å². The minimum Gasteiger partial charge on any atom is -0.453 e. The summed E-state index contributed by atoms with van der Waals surface area (Å²) in [7, 11) is 0. The standard InChI is InChI=1S/C20H30O3/c1-14(2)16-9-7-15(3)8-12-18(21)20(4)13-5-6-17(11-10-16)19(22)23-20/h6-7,9,14,18,21H,5,8,10-13H2,1-4H3/b15-7+,16-9+/t18-,20?/m1/s1. The third kappa shape index (κ3) is 4.57. The Bertz CT molecular complexity index is 539. The van der Waals surface area contributed by atoms with E-state index in [1.807, 2.05) is 13.0 Å². The molecule has 0 spiro atoms. The minimum atomic E-state index is -0.780. The van der Waals surface area contributed by atoms with E-state index >= 15 is 0 Å². The van der Waals surface area contributed by atoms with Crippen molar-refractivity contribution in [1.82, 2.24) is 0 Å². The number of allylic oxidation sites excluding steroid dienone is 5. The second-order valence-electron chi connectivity index (χ2n) is 7.43. The number of fused-ring (bicyclic) bond motifs is 3. The van der Waals surface area contributed by atoms with Gasteiger partial charge in [-0.25, -0.2) is 4.79 Å². The fourth-order valence-electron chi connectivity index (χ4n) is 3.23. The van der Waals surface area contributed by atoms with Crippen LogP contribution in [-0.2, 0) is 9.53 Å². The normalized spacial score (nSPS) is 34.8. The molecule has 0 aliphatic carbocycles. The lowest BCUT2D eigenvalue weighted by atomic mass is 9.89. The predicted octanol–water partition coefficient (Wildman–Crippen LogP) is 4.47. The SMILES string of the molecule is C/C1=C\C=C(\C(C)C)CCC2=CCCC(C)(OC2=O)[C@H](O)CC1. The fourth-order valence-corrected chi connectivity index (χ4v) is 3.23.